The van der Waals surface area contributed by atoms with E-state index in [0.29, 0.717) is 45.0 Å². The summed E-state index contributed by atoms with van der Waals surface area (Å²) < 4.78 is 0.815. The first-order valence-electron chi connectivity index (χ1n) is 7.20. The van der Waals surface area contributed by atoms with Gasteiger partial charge in [-0.2, -0.15) is 0 Å². The minimum Gasteiger partial charge on any atom is -0.395 e. The molecule has 1 fully saturated rings. The molecule has 124 valence electrons. The minimum atomic E-state index is -0.0768. The summed E-state index contributed by atoms with van der Waals surface area (Å²) in [5.41, 5.74) is 0. The molecule has 0 unspecified atom stereocenters. The van der Waals surface area contributed by atoms with Crippen molar-refractivity contribution in [2.75, 3.05) is 39.3 Å². The van der Waals surface area contributed by atoms with Crippen molar-refractivity contribution in [2.45, 2.75) is 0 Å². The van der Waals surface area contributed by atoms with Gasteiger partial charge in [0.05, 0.1) is 16.7 Å². The van der Waals surface area contributed by atoms with Gasteiger partial charge in [0, 0.05) is 47.8 Å². The molecule has 2 aromatic rings. The summed E-state index contributed by atoms with van der Waals surface area (Å²) in [7, 11) is 0. The monoisotopic (exact) mass is 392 g/mol. The van der Waals surface area contributed by atoms with E-state index in [4.69, 9.17) is 39.9 Å². The Kier molecular flexibility index (Phi) is 5.35. The highest BCUT2D eigenvalue weighted by molar-refractivity contribution is 7.21. The molecule has 1 amide bonds. The second-order valence-corrected chi connectivity index (χ2v) is 7.64. The second kappa shape index (κ2) is 7.13. The Morgan fingerprint density at radius 1 is 1.17 bits per heavy atom. The number of nitrogens with zero attached hydrogens (tertiary/aromatic N) is 2. The van der Waals surface area contributed by atoms with Crippen molar-refractivity contribution >= 4 is 62.1 Å². The number of fused-ring (bicyclic) bond motifs is 1. The summed E-state index contributed by atoms with van der Waals surface area (Å²) >= 11 is 19.9. The van der Waals surface area contributed by atoms with Gasteiger partial charge in [-0.25, -0.2) is 0 Å². The normalized spacial score (nSPS) is 16.3. The van der Waals surface area contributed by atoms with Gasteiger partial charge in [0.25, 0.3) is 5.91 Å². The van der Waals surface area contributed by atoms with Crippen LogP contribution in [0.5, 0.6) is 0 Å². The number of aliphatic hydroxyl groups is 1. The van der Waals surface area contributed by atoms with Crippen LogP contribution in [0.25, 0.3) is 10.1 Å². The quantitative estimate of drug-likeness (QED) is 0.866. The maximum absolute atomic E-state index is 12.8. The molecule has 1 aliphatic heterocycles. The first-order chi connectivity index (χ1) is 11.0. The summed E-state index contributed by atoms with van der Waals surface area (Å²) in [6, 6.07) is 3.40. The van der Waals surface area contributed by atoms with E-state index in [1.54, 1.807) is 17.0 Å². The Hall–Kier alpha value is -0.560. The molecule has 0 aliphatic carbocycles. The van der Waals surface area contributed by atoms with E-state index in [2.05, 4.69) is 4.90 Å². The van der Waals surface area contributed by atoms with E-state index >= 15 is 0 Å². The van der Waals surface area contributed by atoms with Gasteiger partial charge in [0.2, 0.25) is 0 Å². The van der Waals surface area contributed by atoms with Crippen LogP contribution in [0.4, 0.5) is 0 Å². The lowest BCUT2D eigenvalue weighted by Crippen LogP contribution is -2.49. The van der Waals surface area contributed by atoms with E-state index in [1.165, 1.54) is 11.3 Å². The molecule has 1 aromatic carbocycles. The molecular weight excluding hydrogens is 379 g/mol. The number of β-amino-alcohol motifs (C(OH)–C–C–N with tert-alkyl or cyclic N) is 1. The van der Waals surface area contributed by atoms with Crippen LogP contribution in [0.3, 0.4) is 0 Å². The highest BCUT2D eigenvalue weighted by Gasteiger charge is 2.26. The molecule has 0 bridgehead atoms. The number of thiophene rings is 1. The largest absolute Gasteiger partial charge is 0.395 e. The fourth-order valence-electron chi connectivity index (χ4n) is 2.71. The summed E-state index contributed by atoms with van der Waals surface area (Å²) in [5.74, 6) is -0.0768. The Bertz CT molecular complexity index is 742. The molecule has 0 spiro atoms. The predicted octanol–water partition coefficient (Wildman–Crippen LogP) is 3.61. The predicted molar refractivity (Wildman–Crippen MR) is 96.3 cm³/mol. The number of rotatable bonds is 3. The lowest BCUT2D eigenvalue weighted by molar-refractivity contribution is 0.0620. The van der Waals surface area contributed by atoms with Crippen LogP contribution in [0.15, 0.2) is 12.1 Å². The Labute approximate surface area is 153 Å². The van der Waals surface area contributed by atoms with E-state index in [-0.39, 0.29) is 12.5 Å². The zero-order chi connectivity index (χ0) is 16.6. The lowest BCUT2D eigenvalue weighted by Gasteiger charge is -2.34. The number of hydrogen-bond acceptors (Lipinski definition) is 4. The molecule has 0 radical (unpaired) electrons. The number of amides is 1. The Morgan fingerprint density at radius 2 is 1.87 bits per heavy atom. The maximum Gasteiger partial charge on any atom is 0.265 e. The molecule has 2 heterocycles. The van der Waals surface area contributed by atoms with Crippen LogP contribution in [0.1, 0.15) is 9.67 Å². The van der Waals surface area contributed by atoms with Crippen molar-refractivity contribution in [2.24, 2.45) is 0 Å². The van der Waals surface area contributed by atoms with E-state index in [9.17, 15) is 4.79 Å². The van der Waals surface area contributed by atoms with Gasteiger partial charge >= 0.3 is 0 Å². The van der Waals surface area contributed by atoms with Gasteiger partial charge in [-0.15, -0.1) is 11.3 Å². The summed E-state index contributed by atoms with van der Waals surface area (Å²) in [4.78, 5) is 17.2. The van der Waals surface area contributed by atoms with Crippen LogP contribution in [-0.2, 0) is 0 Å². The van der Waals surface area contributed by atoms with E-state index in [1.807, 2.05) is 0 Å². The zero-order valence-corrected chi connectivity index (χ0v) is 15.3. The van der Waals surface area contributed by atoms with Crippen molar-refractivity contribution in [3.8, 4) is 0 Å². The number of carbonyl (C=O) groups excluding carboxylic acids is 1. The van der Waals surface area contributed by atoms with Gasteiger partial charge in [-0.1, -0.05) is 34.8 Å². The van der Waals surface area contributed by atoms with Crippen molar-refractivity contribution in [1.29, 1.82) is 0 Å². The zero-order valence-electron chi connectivity index (χ0n) is 12.2. The summed E-state index contributed by atoms with van der Waals surface area (Å²) in [6.45, 7) is 3.52. The third-order valence-corrected chi connectivity index (χ3v) is 6.05. The van der Waals surface area contributed by atoms with Crippen molar-refractivity contribution < 1.29 is 9.90 Å². The third-order valence-electron chi connectivity index (χ3n) is 3.92. The highest BCUT2D eigenvalue weighted by atomic mass is 35.5. The number of benzene rings is 1. The van der Waals surface area contributed by atoms with Gasteiger partial charge in [-0.3, -0.25) is 9.69 Å². The van der Waals surface area contributed by atoms with Crippen LogP contribution >= 0.6 is 46.1 Å². The standard InChI is InChI=1S/C15H15Cl3N2O2S/c16-9-7-10(17)12-11(8-9)23-14(13(12)18)15(22)20-3-1-19(2-4-20)5-6-21/h7-8,21H,1-6H2. The molecule has 0 atom stereocenters. The van der Waals surface area contributed by atoms with Crippen molar-refractivity contribution in [3.63, 3.8) is 0 Å². The number of hydrogen-bond donors (Lipinski definition) is 1. The topological polar surface area (TPSA) is 43.8 Å². The Balaban J connectivity index is 1.85. The molecule has 23 heavy (non-hydrogen) atoms. The van der Waals surface area contributed by atoms with Gasteiger partial charge in [0.1, 0.15) is 4.88 Å². The SMILES string of the molecule is O=C(c1sc2cc(Cl)cc(Cl)c2c1Cl)N1CCN(CCO)CC1. The number of carbonyl (C=O) groups is 1. The average molecular weight is 394 g/mol. The summed E-state index contributed by atoms with van der Waals surface area (Å²) in [6.07, 6.45) is 0. The highest BCUT2D eigenvalue weighted by Crippen LogP contribution is 2.41. The van der Waals surface area contributed by atoms with Gasteiger partial charge < -0.3 is 10.0 Å². The molecule has 1 saturated heterocycles. The molecule has 1 aliphatic rings. The second-order valence-electron chi connectivity index (χ2n) is 5.36. The average Bonchev–Trinajstić information content (AvgIpc) is 2.84. The van der Waals surface area contributed by atoms with Gasteiger partial charge in [0.15, 0.2) is 0 Å². The van der Waals surface area contributed by atoms with Gasteiger partial charge in [-0.05, 0) is 12.1 Å². The summed E-state index contributed by atoms with van der Waals surface area (Å²) in [5, 5.41) is 11.0. The number of halogens is 3. The fraction of sp³-hybridized carbons (Fsp3) is 0.400. The van der Waals surface area contributed by atoms with E-state index in [0.717, 1.165) is 17.8 Å². The number of aliphatic hydroxyl groups excluding tert-OH is 1. The lowest BCUT2D eigenvalue weighted by atomic mass is 10.2. The Morgan fingerprint density at radius 3 is 2.52 bits per heavy atom. The first-order valence-corrected chi connectivity index (χ1v) is 9.16. The smallest absolute Gasteiger partial charge is 0.265 e. The third kappa shape index (κ3) is 3.45. The number of piperazine rings is 1. The minimum absolute atomic E-state index is 0.0768. The molecule has 1 N–H and O–H groups in total. The van der Waals surface area contributed by atoms with Crippen molar-refractivity contribution in [3.05, 3.63) is 32.1 Å². The maximum atomic E-state index is 12.8. The molecule has 8 heteroatoms. The fourth-order valence-corrected chi connectivity index (χ4v) is 5.05. The van der Waals surface area contributed by atoms with Crippen LogP contribution in [0.2, 0.25) is 15.1 Å². The molecule has 3 rings (SSSR count). The molecular formula is C15H15Cl3N2O2S. The van der Waals surface area contributed by atoms with E-state index < -0.39 is 0 Å². The van der Waals surface area contributed by atoms with Crippen LogP contribution < -0.4 is 0 Å². The first kappa shape index (κ1) is 17.3. The van der Waals surface area contributed by atoms with Crippen LogP contribution in [0, 0.1) is 0 Å². The molecule has 1 aromatic heterocycles. The van der Waals surface area contributed by atoms with Crippen molar-refractivity contribution in [1.82, 2.24) is 9.80 Å². The molecule has 4 nitrogen and oxygen atoms in total. The van der Waals surface area contributed by atoms with Crippen LogP contribution in [-0.4, -0.2) is 60.1 Å². The molecule has 0 saturated carbocycles.